The molecule has 33 heavy (non-hydrogen) atoms. The molecule has 168 valence electrons. The average molecular weight is 459 g/mol. The molecule has 1 heterocycles. The van der Waals surface area contributed by atoms with Gasteiger partial charge in [-0.15, -0.1) is 0 Å². The summed E-state index contributed by atoms with van der Waals surface area (Å²) in [6.45, 7) is 2.50. The fourth-order valence-corrected chi connectivity index (χ4v) is 4.70. The normalized spacial score (nSPS) is 11.9. The van der Waals surface area contributed by atoms with Gasteiger partial charge in [-0.25, -0.2) is 0 Å². The summed E-state index contributed by atoms with van der Waals surface area (Å²) < 4.78 is 1.81. The largest absolute Gasteiger partial charge is 0.385 e. The maximum Gasteiger partial charge on any atom is 0.275 e. The van der Waals surface area contributed by atoms with E-state index < -0.39 is 10.8 Å². The SMILES string of the molecule is CC[C@H](Sc1nc(=O)cc(N)n1CCc1ccccc1)C(=O)Nc1ccc2ccccc2c1. The zero-order valence-electron chi connectivity index (χ0n) is 18.4. The predicted octanol–water partition coefficient (Wildman–Crippen LogP) is 4.73. The highest BCUT2D eigenvalue weighted by molar-refractivity contribution is 8.00. The van der Waals surface area contributed by atoms with E-state index in [1.54, 1.807) is 0 Å². The van der Waals surface area contributed by atoms with Gasteiger partial charge in [0.25, 0.3) is 5.56 Å². The summed E-state index contributed by atoms with van der Waals surface area (Å²) in [6, 6.07) is 25.2. The number of aromatic nitrogens is 2. The molecule has 1 aromatic heterocycles. The van der Waals surface area contributed by atoms with Crippen LogP contribution in [0.1, 0.15) is 18.9 Å². The average Bonchev–Trinajstić information content (AvgIpc) is 2.82. The first-order valence-corrected chi connectivity index (χ1v) is 11.8. The van der Waals surface area contributed by atoms with Crippen LogP contribution >= 0.6 is 11.8 Å². The Kier molecular flexibility index (Phi) is 7.10. The molecule has 0 saturated heterocycles. The van der Waals surface area contributed by atoms with E-state index in [9.17, 15) is 9.59 Å². The minimum absolute atomic E-state index is 0.135. The zero-order chi connectivity index (χ0) is 23.2. The third-order valence-electron chi connectivity index (χ3n) is 5.41. The standard InChI is InChI=1S/C26H26N4O2S/c1-2-22(25(32)28-21-13-12-19-10-6-7-11-20(19)16-21)33-26-29-24(31)17-23(27)30(26)15-14-18-8-4-3-5-9-18/h3-13,16-17,22H,2,14-15,27H2,1H3,(H,28,32)/t22-/m0/s1. The van der Waals surface area contributed by atoms with Gasteiger partial charge in [-0.3, -0.25) is 9.59 Å². The third-order valence-corrected chi connectivity index (χ3v) is 6.77. The van der Waals surface area contributed by atoms with E-state index in [4.69, 9.17) is 5.73 Å². The number of nitrogens with two attached hydrogens (primary N) is 1. The van der Waals surface area contributed by atoms with Crippen LogP contribution < -0.4 is 16.6 Å². The second kappa shape index (κ2) is 10.4. The summed E-state index contributed by atoms with van der Waals surface area (Å²) in [4.78, 5) is 29.3. The summed E-state index contributed by atoms with van der Waals surface area (Å²) in [5, 5.41) is 5.21. The number of thioether (sulfide) groups is 1. The van der Waals surface area contributed by atoms with Crippen molar-refractivity contribution in [2.24, 2.45) is 0 Å². The Morgan fingerprint density at radius 2 is 1.76 bits per heavy atom. The van der Waals surface area contributed by atoms with Crippen LogP contribution in [0.25, 0.3) is 10.8 Å². The van der Waals surface area contributed by atoms with Crippen molar-refractivity contribution < 1.29 is 4.79 Å². The van der Waals surface area contributed by atoms with Crippen LogP contribution in [0.2, 0.25) is 0 Å². The quantitative estimate of drug-likeness (QED) is 0.294. The monoisotopic (exact) mass is 458 g/mol. The molecule has 3 aromatic carbocycles. The number of nitrogens with zero attached hydrogens (tertiary/aromatic N) is 2. The topological polar surface area (TPSA) is 90.0 Å². The van der Waals surface area contributed by atoms with Gasteiger partial charge in [0, 0.05) is 18.3 Å². The molecular weight excluding hydrogens is 432 g/mol. The fourth-order valence-electron chi connectivity index (χ4n) is 3.64. The Labute approximate surface area is 196 Å². The number of nitrogen functional groups attached to an aromatic ring is 1. The number of nitrogens with one attached hydrogen (secondary N) is 1. The Morgan fingerprint density at radius 1 is 1.03 bits per heavy atom. The molecule has 3 N–H and O–H groups in total. The van der Waals surface area contributed by atoms with Crippen LogP contribution in [-0.2, 0) is 17.8 Å². The third kappa shape index (κ3) is 5.62. The van der Waals surface area contributed by atoms with Crippen molar-refractivity contribution in [2.75, 3.05) is 11.1 Å². The molecule has 0 saturated carbocycles. The van der Waals surface area contributed by atoms with Crippen LogP contribution in [-0.4, -0.2) is 20.7 Å². The number of fused-ring (bicyclic) bond motifs is 1. The minimum atomic E-state index is -0.423. The summed E-state index contributed by atoms with van der Waals surface area (Å²) in [5.74, 6) is 0.210. The number of anilines is 2. The smallest absolute Gasteiger partial charge is 0.275 e. The molecule has 4 rings (SSSR count). The molecule has 6 nitrogen and oxygen atoms in total. The number of hydrogen-bond acceptors (Lipinski definition) is 5. The van der Waals surface area contributed by atoms with E-state index in [2.05, 4.69) is 10.3 Å². The summed E-state index contributed by atoms with van der Waals surface area (Å²) in [6.07, 6.45) is 1.32. The Balaban J connectivity index is 1.52. The van der Waals surface area contributed by atoms with E-state index in [-0.39, 0.29) is 5.91 Å². The van der Waals surface area contributed by atoms with Crippen LogP contribution in [0.4, 0.5) is 11.5 Å². The van der Waals surface area contributed by atoms with E-state index >= 15 is 0 Å². The van der Waals surface area contributed by atoms with Gasteiger partial charge in [0.05, 0.1) is 5.25 Å². The van der Waals surface area contributed by atoms with E-state index in [1.807, 2.05) is 84.3 Å². The van der Waals surface area contributed by atoms with Gasteiger partial charge in [-0.2, -0.15) is 4.98 Å². The molecule has 0 aliphatic carbocycles. The van der Waals surface area contributed by atoms with Crippen LogP contribution in [0.5, 0.6) is 0 Å². The van der Waals surface area contributed by atoms with E-state index in [1.165, 1.54) is 17.8 Å². The number of benzene rings is 3. The summed E-state index contributed by atoms with van der Waals surface area (Å²) in [7, 11) is 0. The van der Waals surface area contributed by atoms with Gasteiger partial charge in [-0.05, 0) is 41.3 Å². The molecular formula is C26H26N4O2S. The van der Waals surface area contributed by atoms with Gasteiger partial charge >= 0.3 is 0 Å². The molecule has 0 unspecified atom stereocenters. The van der Waals surface area contributed by atoms with Crippen LogP contribution in [0.15, 0.2) is 88.8 Å². The molecule has 0 bridgehead atoms. The molecule has 0 aliphatic rings. The van der Waals surface area contributed by atoms with Gasteiger partial charge in [0.15, 0.2) is 5.16 Å². The summed E-state index contributed by atoms with van der Waals surface area (Å²) >= 11 is 1.27. The molecule has 0 fully saturated rings. The molecule has 1 amide bonds. The maximum atomic E-state index is 13.1. The van der Waals surface area contributed by atoms with E-state index in [0.717, 1.165) is 28.4 Å². The van der Waals surface area contributed by atoms with Crippen molar-refractivity contribution in [3.05, 3.63) is 94.8 Å². The molecule has 7 heteroatoms. The zero-order valence-corrected chi connectivity index (χ0v) is 19.2. The van der Waals surface area contributed by atoms with Crippen molar-refractivity contribution in [1.82, 2.24) is 9.55 Å². The number of aryl methyl sites for hydroxylation is 1. The van der Waals surface area contributed by atoms with Crippen molar-refractivity contribution in [3.63, 3.8) is 0 Å². The minimum Gasteiger partial charge on any atom is -0.385 e. The second-order valence-electron chi connectivity index (χ2n) is 7.75. The Hall–Kier alpha value is -3.58. The first-order valence-electron chi connectivity index (χ1n) is 10.9. The lowest BCUT2D eigenvalue weighted by molar-refractivity contribution is -0.115. The van der Waals surface area contributed by atoms with Crippen molar-refractivity contribution in [1.29, 1.82) is 0 Å². The first kappa shape index (κ1) is 22.6. The lowest BCUT2D eigenvalue weighted by Crippen LogP contribution is -2.27. The Morgan fingerprint density at radius 3 is 2.52 bits per heavy atom. The van der Waals surface area contributed by atoms with Crippen LogP contribution in [0.3, 0.4) is 0 Å². The van der Waals surface area contributed by atoms with Gasteiger partial charge in [-0.1, -0.05) is 79.3 Å². The number of carbonyl (C=O) groups is 1. The van der Waals surface area contributed by atoms with E-state index in [0.29, 0.717) is 23.9 Å². The maximum absolute atomic E-state index is 13.1. The molecule has 0 aliphatic heterocycles. The number of hydrogen-bond donors (Lipinski definition) is 2. The summed E-state index contributed by atoms with van der Waals surface area (Å²) in [5.41, 5.74) is 7.65. The first-order chi connectivity index (χ1) is 16.0. The lowest BCUT2D eigenvalue weighted by Gasteiger charge is -2.19. The lowest BCUT2D eigenvalue weighted by atomic mass is 10.1. The van der Waals surface area contributed by atoms with Gasteiger partial charge in [0.1, 0.15) is 5.82 Å². The highest BCUT2D eigenvalue weighted by Gasteiger charge is 2.21. The highest BCUT2D eigenvalue weighted by atomic mass is 32.2. The van der Waals surface area contributed by atoms with Crippen molar-refractivity contribution >= 4 is 39.9 Å². The van der Waals surface area contributed by atoms with Gasteiger partial charge in [0.2, 0.25) is 5.91 Å². The molecule has 0 spiro atoms. The van der Waals surface area contributed by atoms with Crippen molar-refractivity contribution in [3.8, 4) is 0 Å². The highest BCUT2D eigenvalue weighted by Crippen LogP contribution is 2.27. The van der Waals surface area contributed by atoms with Crippen molar-refractivity contribution in [2.45, 2.75) is 36.7 Å². The Bertz CT molecular complexity index is 1320. The number of carbonyl (C=O) groups excluding carboxylic acids is 1. The molecule has 0 radical (unpaired) electrons. The second-order valence-corrected chi connectivity index (χ2v) is 8.92. The number of rotatable bonds is 8. The predicted molar refractivity (Wildman–Crippen MR) is 136 cm³/mol. The van der Waals surface area contributed by atoms with Crippen LogP contribution in [0, 0.1) is 0 Å². The number of amides is 1. The fraction of sp³-hybridized carbons (Fsp3) is 0.192. The van der Waals surface area contributed by atoms with Gasteiger partial charge < -0.3 is 15.6 Å². The molecule has 4 aromatic rings. The molecule has 1 atom stereocenters.